The first-order valence-electron chi connectivity index (χ1n) is 7.77. The smallest absolute Gasteiger partial charge is 0.252 e. The third kappa shape index (κ3) is 6.00. The maximum absolute atomic E-state index is 11.9. The van der Waals surface area contributed by atoms with Gasteiger partial charge in [-0.2, -0.15) is 0 Å². The van der Waals surface area contributed by atoms with Crippen LogP contribution in [0.25, 0.3) is 0 Å². The summed E-state index contributed by atoms with van der Waals surface area (Å²) in [6.07, 6.45) is -3.76. The zero-order valence-electron chi connectivity index (χ0n) is 13.7. The monoisotopic (exact) mass is 396 g/mol. The van der Waals surface area contributed by atoms with Crippen molar-refractivity contribution < 1.29 is 19.8 Å². The van der Waals surface area contributed by atoms with Crippen molar-refractivity contribution in [2.24, 2.45) is 0 Å². The Morgan fingerprint density at radius 1 is 0.731 bits per heavy atom. The molecule has 0 radical (unpaired) electrons. The van der Waals surface area contributed by atoms with Crippen molar-refractivity contribution >= 4 is 35.0 Å². The Hall–Kier alpha value is -2.12. The molecule has 0 bridgehead atoms. The average Bonchev–Trinajstić information content (AvgIpc) is 2.65. The SMILES string of the molecule is O=C(NCc1ccc(Cl)cc1)C(O)C(O)C(=O)NCc1ccc(Cl)cc1. The van der Waals surface area contributed by atoms with E-state index in [1.807, 2.05) is 0 Å². The van der Waals surface area contributed by atoms with Crippen LogP contribution in [-0.2, 0) is 22.7 Å². The van der Waals surface area contributed by atoms with E-state index in [0.717, 1.165) is 11.1 Å². The number of benzene rings is 2. The summed E-state index contributed by atoms with van der Waals surface area (Å²) in [5.74, 6) is -1.71. The fourth-order valence-corrected chi connectivity index (χ4v) is 2.33. The van der Waals surface area contributed by atoms with E-state index in [-0.39, 0.29) is 13.1 Å². The summed E-state index contributed by atoms with van der Waals surface area (Å²) >= 11 is 11.5. The van der Waals surface area contributed by atoms with Crippen molar-refractivity contribution in [2.75, 3.05) is 0 Å². The highest BCUT2D eigenvalue weighted by molar-refractivity contribution is 6.30. The number of carbonyl (C=O) groups excluding carboxylic acids is 2. The van der Waals surface area contributed by atoms with Gasteiger partial charge in [0.25, 0.3) is 11.8 Å². The molecule has 6 nitrogen and oxygen atoms in total. The molecule has 0 aliphatic heterocycles. The van der Waals surface area contributed by atoms with E-state index >= 15 is 0 Å². The molecule has 2 rings (SSSR count). The van der Waals surface area contributed by atoms with Crippen LogP contribution >= 0.6 is 23.2 Å². The summed E-state index contributed by atoms with van der Waals surface area (Å²) in [6.45, 7) is 0.262. The minimum Gasteiger partial charge on any atom is -0.380 e. The summed E-state index contributed by atoms with van der Waals surface area (Å²) in [7, 11) is 0. The van der Waals surface area contributed by atoms with Gasteiger partial charge in [0.15, 0.2) is 12.2 Å². The van der Waals surface area contributed by atoms with E-state index in [4.69, 9.17) is 23.2 Å². The molecule has 2 aromatic carbocycles. The Morgan fingerprint density at radius 3 is 1.35 bits per heavy atom. The number of aliphatic hydroxyl groups excluding tert-OH is 2. The van der Waals surface area contributed by atoms with Crippen molar-refractivity contribution in [2.45, 2.75) is 25.3 Å². The molecule has 0 spiro atoms. The summed E-state index contributed by atoms with van der Waals surface area (Å²) in [4.78, 5) is 23.8. The Kier molecular flexibility index (Phi) is 7.41. The van der Waals surface area contributed by atoms with Crippen molar-refractivity contribution in [3.63, 3.8) is 0 Å². The lowest BCUT2D eigenvalue weighted by Gasteiger charge is -2.17. The topological polar surface area (TPSA) is 98.7 Å². The molecule has 4 N–H and O–H groups in total. The highest BCUT2D eigenvalue weighted by atomic mass is 35.5. The first kappa shape index (κ1) is 20.2. The quantitative estimate of drug-likeness (QED) is 0.571. The molecule has 2 amide bonds. The minimum absolute atomic E-state index is 0.131. The third-order valence-corrected chi connectivity index (χ3v) is 4.10. The van der Waals surface area contributed by atoms with E-state index in [2.05, 4.69) is 10.6 Å². The Balaban J connectivity index is 1.81. The van der Waals surface area contributed by atoms with E-state index in [0.29, 0.717) is 10.0 Å². The van der Waals surface area contributed by atoms with Crippen LogP contribution in [0.5, 0.6) is 0 Å². The Labute approximate surface area is 160 Å². The number of halogens is 2. The predicted octanol–water partition coefficient (Wildman–Crippen LogP) is 1.65. The Morgan fingerprint density at radius 2 is 1.04 bits per heavy atom. The van der Waals surface area contributed by atoms with Gasteiger partial charge in [0.1, 0.15) is 0 Å². The van der Waals surface area contributed by atoms with Crippen molar-refractivity contribution in [3.05, 3.63) is 69.7 Å². The van der Waals surface area contributed by atoms with Gasteiger partial charge in [-0.15, -0.1) is 0 Å². The van der Waals surface area contributed by atoms with Crippen LogP contribution < -0.4 is 10.6 Å². The third-order valence-electron chi connectivity index (χ3n) is 3.60. The largest absolute Gasteiger partial charge is 0.380 e. The van der Waals surface area contributed by atoms with E-state index < -0.39 is 24.0 Å². The van der Waals surface area contributed by atoms with Crippen LogP contribution in [-0.4, -0.2) is 34.2 Å². The number of nitrogens with one attached hydrogen (secondary N) is 2. The van der Waals surface area contributed by atoms with Gasteiger partial charge < -0.3 is 20.8 Å². The van der Waals surface area contributed by atoms with Gasteiger partial charge in [0, 0.05) is 23.1 Å². The summed E-state index contributed by atoms with van der Waals surface area (Å²) in [6, 6.07) is 13.5. The van der Waals surface area contributed by atoms with Crippen LogP contribution in [0.4, 0.5) is 0 Å². The van der Waals surface area contributed by atoms with Gasteiger partial charge >= 0.3 is 0 Å². The van der Waals surface area contributed by atoms with Crippen LogP contribution in [0.15, 0.2) is 48.5 Å². The lowest BCUT2D eigenvalue weighted by molar-refractivity contribution is -0.146. The van der Waals surface area contributed by atoms with E-state index in [1.54, 1.807) is 48.5 Å². The molecule has 0 saturated carbocycles. The van der Waals surface area contributed by atoms with Gasteiger partial charge in [-0.05, 0) is 35.4 Å². The fraction of sp³-hybridized carbons (Fsp3) is 0.222. The number of carbonyl (C=O) groups is 2. The van der Waals surface area contributed by atoms with Gasteiger partial charge in [0.05, 0.1) is 0 Å². The lowest BCUT2D eigenvalue weighted by Crippen LogP contribution is -2.49. The molecule has 0 saturated heterocycles. The van der Waals surface area contributed by atoms with E-state index in [1.165, 1.54) is 0 Å². The number of hydrogen-bond donors (Lipinski definition) is 4. The fourth-order valence-electron chi connectivity index (χ4n) is 2.08. The van der Waals surface area contributed by atoms with Crippen LogP contribution in [0.2, 0.25) is 10.0 Å². The maximum atomic E-state index is 11.9. The van der Waals surface area contributed by atoms with Crippen molar-refractivity contribution in [3.8, 4) is 0 Å². The normalized spacial score (nSPS) is 12.9. The molecule has 26 heavy (non-hydrogen) atoms. The number of hydrogen-bond acceptors (Lipinski definition) is 4. The standard InChI is InChI=1S/C18H18Cl2N2O4/c19-13-5-1-11(2-6-13)9-21-17(25)15(23)16(24)18(26)22-10-12-3-7-14(20)8-4-12/h1-8,15-16,23-24H,9-10H2,(H,21,25)(H,22,26). The number of aliphatic hydroxyl groups is 2. The molecule has 2 atom stereocenters. The maximum Gasteiger partial charge on any atom is 0.252 e. The molecule has 0 fully saturated rings. The van der Waals surface area contributed by atoms with Crippen molar-refractivity contribution in [1.29, 1.82) is 0 Å². The highest BCUT2D eigenvalue weighted by Gasteiger charge is 2.29. The zero-order valence-corrected chi connectivity index (χ0v) is 15.2. The molecule has 8 heteroatoms. The van der Waals surface area contributed by atoms with Crippen molar-refractivity contribution in [1.82, 2.24) is 10.6 Å². The molecule has 0 aromatic heterocycles. The molecular formula is C18H18Cl2N2O4. The van der Waals surface area contributed by atoms with Crippen LogP contribution in [0.1, 0.15) is 11.1 Å². The van der Waals surface area contributed by atoms with Crippen LogP contribution in [0.3, 0.4) is 0 Å². The average molecular weight is 397 g/mol. The molecule has 0 aliphatic rings. The molecule has 0 heterocycles. The second kappa shape index (κ2) is 9.54. The van der Waals surface area contributed by atoms with E-state index in [9.17, 15) is 19.8 Å². The van der Waals surface area contributed by atoms with Gasteiger partial charge in [0.2, 0.25) is 0 Å². The zero-order chi connectivity index (χ0) is 19.1. The second-order valence-corrected chi connectivity index (χ2v) is 6.45. The molecule has 2 aromatic rings. The summed E-state index contributed by atoms with van der Waals surface area (Å²) in [5.41, 5.74) is 1.52. The van der Waals surface area contributed by atoms with Gasteiger partial charge in [-0.1, -0.05) is 47.5 Å². The molecule has 138 valence electrons. The lowest BCUT2D eigenvalue weighted by atomic mass is 10.1. The number of rotatable bonds is 7. The summed E-state index contributed by atoms with van der Waals surface area (Å²) < 4.78 is 0. The number of amides is 2. The first-order chi connectivity index (χ1) is 12.4. The van der Waals surface area contributed by atoms with Crippen LogP contribution in [0, 0.1) is 0 Å². The van der Waals surface area contributed by atoms with Gasteiger partial charge in [-0.3, -0.25) is 9.59 Å². The molecule has 2 unspecified atom stereocenters. The minimum atomic E-state index is -1.88. The summed E-state index contributed by atoms with van der Waals surface area (Å²) in [5, 5.41) is 25.7. The van der Waals surface area contributed by atoms with Gasteiger partial charge in [-0.25, -0.2) is 0 Å². The predicted molar refractivity (Wildman–Crippen MR) is 98.6 cm³/mol. The Bertz CT molecular complexity index is 685. The second-order valence-electron chi connectivity index (χ2n) is 5.58. The highest BCUT2D eigenvalue weighted by Crippen LogP contribution is 2.10. The molecule has 0 aliphatic carbocycles. The molecular weight excluding hydrogens is 379 g/mol. The first-order valence-corrected chi connectivity index (χ1v) is 8.53.